The molecule has 0 spiro atoms. The third-order valence-corrected chi connectivity index (χ3v) is 1.45. The van der Waals surface area contributed by atoms with E-state index in [0.29, 0.717) is 0 Å². The molecule has 5 heteroatoms. The summed E-state index contributed by atoms with van der Waals surface area (Å²) in [7, 11) is -2.14. The van der Waals surface area contributed by atoms with E-state index in [9.17, 15) is 8.42 Å². The molecule has 0 atom stereocenters. The summed E-state index contributed by atoms with van der Waals surface area (Å²) in [5, 5.41) is 0. The molecule has 0 fully saturated rings. The van der Waals surface area contributed by atoms with Gasteiger partial charge in [0.25, 0.3) is 0 Å². The van der Waals surface area contributed by atoms with Gasteiger partial charge in [-0.25, -0.2) is 0 Å². The molecule has 0 aromatic carbocycles. The second kappa shape index (κ2) is 5.39. The Balaban J connectivity index is 0.000000810. The summed E-state index contributed by atoms with van der Waals surface area (Å²) in [6.45, 7) is 0. The Hall–Kier alpha value is 0.736. The Bertz CT molecular complexity index is 252. The van der Waals surface area contributed by atoms with Crippen LogP contribution in [0.4, 0.5) is 0 Å². The van der Waals surface area contributed by atoms with Crippen LogP contribution in [-0.4, -0.2) is 4.98 Å². The molecule has 0 radical (unpaired) electrons. The van der Waals surface area contributed by atoms with Gasteiger partial charge in [-0.2, -0.15) is 0 Å². The number of aromatic nitrogens is 1. The molecule has 0 aliphatic carbocycles. The van der Waals surface area contributed by atoms with Crippen LogP contribution in [0.25, 0.3) is 0 Å². The molecule has 1 aromatic rings. The van der Waals surface area contributed by atoms with Crippen LogP contribution in [0, 0.1) is 0 Å². The van der Waals surface area contributed by atoms with Crippen LogP contribution in [0.1, 0.15) is 0 Å². The van der Waals surface area contributed by atoms with Crippen LogP contribution in [-0.2, 0) is 19.1 Å². The first kappa shape index (κ1) is 10.7. The second-order valence-electron chi connectivity index (χ2n) is 1.42. The van der Waals surface area contributed by atoms with Crippen LogP contribution < -0.4 is 51.4 Å². The van der Waals surface area contributed by atoms with Crippen molar-refractivity contribution in [1.82, 2.24) is 4.98 Å². The number of pyridine rings is 1. The number of nitrogens with zero attached hydrogens (tertiary/aromatic N) is 1. The van der Waals surface area contributed by atoms with E-state index in [0.717, 1.165) is 0 Å². The zero-order valence-corrected chi connectivity index (χ0v) is 9.42. The first-order valence-electron chi connectivity index (χ1n) is 2.30. The summed E-state index contributed by atoms with van der Waals surface area (Å²) in [5.74, 6) is 0. The van der Waals surface area contributed by atoms with Gasteiger partial charge in [0.15, 0.2) is 0 Å². The molecule has 48 valence electrons. The molecule has 1 rings (SSSR count). The third kappa shape index (κ3) is 3.22. The minimum atomic E-state index is -2.14. The first-order valence-corrected chi connectivity index (χ1v) is 3.37. The fourth-order valence-corrected chi connectivity index (χ4v) is 0.782. The van der Waals surface area contributed by atoms with Gasteiger partial charge in [0, 0.05) is 12.4 Å². The number of rotatable bonds is 1. The van der Waals surface area contributed by atoms with Gasteiger partial charge in [0.2, 0.25) is 0 Å². The largest absolute Gasteiger partial charge is 1.00 e. The van der Waals surface area contributed by atoms with E-state index in [1.165, 1.54) is 18.5 Å². The SMILES string of the molecule is O=[S-](=O)c1cccnc1.[K+]. The fraction of sp³-hybridized carbons (Fsp3) is 0. The Morgan fingerprint density at radius 1 is 1.40 bits per heavy atom. The van der Waals surface area contributed by atoms with Crippen molar-refractivity contribution in [3.63, 3.8) is 0 Å². The van der Waals surface area contributed by atoms with Crippen molar-refractivity contribution >= 4 is 10.7 Å². The molecule has 0 bridgehead atoms. The van der Waals surface area contributed by atoms with Gasteiger partial charge in [0.1, 0.15) is 0 Å². The van der Waals surface area contributed by atoms with Crippen molar-refractivity contribution < 1.29 is 59.8 Å². The second-order valence-corrected chi connectivity index (χ2v) is 2.36. The number of hydrogen-bond donors (Lipinski definition) is 0. The van der Waals surface area contributed by atoms with Gasteiger partial charge < -0.3 is 8.42 Å². The monoisotopic (exact) mass is 181 g/mol. The van der Waals surface area contributed by atoms with E-state index < -0.39 is 10.7 Å². The van der Waals surface area contributed by atoms with E-state index in [4.69, 9.17) is 0 Å². The molecular formula is C5H4KNO2S. The maximum absolute atomic E-state index is 10.2. The Morgan fingerprint density at radius 2 is 2.10 bits per heavy atom. The Morgan fingerprint density at radius 3 is 2.40 bits per heavy atom. The summed E-state index contributed by atoms with van der Waals surface area (Å²) in [6.07, 6.45) is 2.82. The molecule has 0 saturated heterocycles. The van der Waals surface area contributed by atoms with E-state index in [1.807, 2.05) is 0 Å². The molecule has 10 heavy (non-hydrogen) atoms. The van der Waals surface area contributed by atoms with Crippen LogP contribution in [0.3, 0.4) is 0 Å². The van der Waals surface area contributed by atoms with E-state index in [2.05, 4.69) is 4.98 Å². The first-order chi connectivity index (χ1) is 4.30. The predicted molar refractivity (Wildman–Crippen MR) is 31.2 cm³/mol. The van der Waals surface area contributed by atoms with Crippen LogP contribution in [0.2, 0.25) is 0 Å². The van der Waals surface area contributed by atoms with Crippen molar-refractivity contribution in [2.75, 3.05) is 0 Å². The van der Waals surface area contributed by atoms with Crippen LogP contribution >= 0.6 is 0 Å². The normalized spacial score (nSPS) is 8.90. The standard InChI is InChI=1S/C5H4NO2S.K/c7-9(8)5-2-1-3-6-4-5;/h1-4H;/q-1;+1. The zero-order chi connectivity index (χ0) is 6.69. The van der Waals surface area contributed by atoms with Gasteiger partial charge in [-0.15, -0.1) is 0 Å². The molecule has 0 aliphatic rings. The molecule has 0 unspecified atom stereocenters. The minimum absolute atomic E-state index is 0. The molecule has 1 heterocycles. The average Bonchev–Trinajstić information content (AvgIpc) is 1.90. The van der Waals surface area contributed by atoms with Gasteiger partial charge in [0.05, 0.1) is 0 Å². The maximum atomic E-state index is 10.2. The van der Waals surface area contributed by atoms with Gasteiger partial charge in [-0.05, 0) is 16.8 Å². The molecule has 1 aromatic heterocycles. The summed E-state index contributed by atoms with van der Waals surface area (Å²) in [6, 6.07) is 3.06. The fourth-order valence-electron chi connectivity index (χ4n) is 0.446. The number of hydrogen-bond acceptors (Lipinski definition) is 4. The van der Waals surface area contributed by atoms with Crippen molar-refractivity contribution in [2.24, 2.45) is 0 Å². The van der Waals surface area contributed by atoms with Gasteiger partial charge >= 0.3 is 51.4 Å². The van der Waals surface area contributed by atoms with Crippen molar-refractivity contribution in [3.8, 4) is 0 Å². The van der Waals surface area contributed by atoms with Crippen molar-refractivity contribution in [3.05, 3.63) is 24.5 Å². The third-order valence-electron chi connectivity index (χ3n) is 0.827. The summed E-state index contributed by atoms with van der Waals surface area (Å²) >= 11 is 0. The van der Waals surface area contributed by atoms with Crippen molar-refractivity contribution in [2.45, 2.75) is 4.90 Å². The Kier molecular flexibility index (Phi) is 5.79. The van der Waals surface area contributed by atoms with Crippen molar-refractivity contribution in [1.29, 1.82) is 0 Å². The predicted octanol–water partition coefficient (Wildman–Crippen LogP) is -2.25. The molecule has 0 N–H and O–H groups in total. The smallest absolute Gasteiger partial charge is 0.420 e. The van der Waals surface area contributed by atoms with Gasteiger partial charge in [-0.1, -0.05) is 11.0 Å². The minimum Gasteiger partial charge on any atom is -0.420 e. The average molecular weight is 181 g/mol. The summed E-state index contributed by atoms with van der Waals surface area (Å²) < 4.78 is 20.3. The van der Waals surface area contributed by atoms with Crippen LogP contribution in [0.5, 0.6) is 0 Å². The van der Waals surface area contributed by atoms with E-state index in [1.54, 1.807) is 6.07 Å². The Labute approximate surface area is 103 Å². The molecular weight excluding hydrogens is 177 g/mol. The van der Waals surface area contributed by atoms with Gasteiger partial charge in [-0.3, -0.25) is 4.98 Å². The quantitative estimate of drug-likeness (QED) is 0.363. The van der Waals surface area contributed by atoms with E-state index >= 15 is 0 Å². The molecule has 0 saturated carbocycles. The van der Waals surface area contributed by atoms with Crippen LogP contribution in [0.15, 0.2) is 29.4 Å². The molecule has 0 aliphatic heterocycles. The zero-order valence-electron chi connectivity index (χ0n) is 5.48. The summed E-state index contributed by atoms with van der Waals surface area (Å²) in [4.78, 5) is 3.83. The topological polar surface area (TPSA) is 47.0 Å². The maximum Gasteiger partial charge on any atom is 1.00 e. The molecule has 0 amide bonds. The summed E-state index contributed by atoms with van der Waals surface area (Å²) in [5.41, 5.74) is 0. The van der Waals surface area contributed by atoms with E-state index in [-0.39, 0.29) is 56.3 Å². The molecule has 3 nitrogen and oxygen atoms in total.